The number of nitrogens with zero attached hydrogens (tertiary/aromatic N) is 1. The summed E-state index contributed by atoms with van der Waals surface area (Å²) in [5.74, 6) is -0.157. The van der Waals surface area contributed by atoms with Crippen LogP contribution in [0.2, 0.25) is 15.1 Å². The minimum atomic E-state index is -0.429. The van der Waals surface area contributed by atoms with Crippen molar-refractivity contribution >= 4 is 53.0 Å². The molecule has 7 heteroatoms. The van der Waals surface area contributed by atoms with Gasteiger partial charge in [0.15, 0.2) is 6.61 Å². The maximum atomic E-state index is 11.6. The Labute approximate surface area is 154 Å². The second kappa shape index (κ2) is 9.33. The number of carbonyl (C=O) groups excluding carboxylic acids is 1. The molecule has 1 N–H and O–H groups in total. The van der Waals surface area contributed by atoms with E-state index in [2.05, 4.69) is 10.5 Å². The zero-order valence-corrected chi connectivity index (χ0v) is 14.6. The average Bonchev–Trinajstić information content (AvgIpc) is 2.57. The van der Waals surface area contributed by atoms with Crippen LogP contribution >= 0.6 is 34.8 Å². The van der Waals surface area contributed by atoms with Gasteiger partial charge in [-0.2, -0.15) is 5.10 Å². The summed E-state index contributed by atoms with van der Waals surface area (Å²) in [4.78, 5) is 11.6. The van der Waals surface area contributed by atoms with E-state index in [0.29, 0.717) is 10.0 Å². The average molecular weight is 384 g/mol. The Kier molecular flexibility index (Phi) is 7.12. The molecule has 0 bridgehead atoms. The SMILES string of the molecule is O=C(COc1cc(Cl)c(Cl)cc1Cl)N/N=C/C=C/c1ccccc1. The molecule has 4 nitrogen and oxygen atoms in total. The Morgan fingerprint density at radius 1 is 1.08 bits per heavy atom. The van der Waals surface area contributed by atoms with Gasteiger partial charge in [-0.3, -0.25) is 4.79 Å². The fraction of sp³-hybridized carbons (Fsp3) is 0.0588. The van der Waals surface area contributed by atoms with Gasteiger partial charge in [-0.1, -0.05) is 71.2 Å². The van der Waals surface area contributed by atoms with Crippen LogP contribution in [0.4, 0.5) is 0 Å². The largest absolute Gasteiger partial charge is 0.482 e. The van der Waals surface area contributed by atoms with E-state index in [0.717, 1.165) is 5.56 Å². The molecular formula is C17H13Cl3N2O2. The van der Waals surface area contributed by atoms with Crippen molar-refractivity contribution in [1.29, 1.82) is 0 Å². The fourth-order valence-corrected chi connectivity index (χ4v) is 2.25. The van der Waals surface area contributed by atoms with Crippen LogP contribution in [0, 0.1) is 0 Å². The van der Waals surface area contributed by atoms with E-state index in [-0.39, 0.29) is 17.4 Å². The van der Waals surface area contributed by atoms with E-state index < -0.39 is 5.91 Å². The summed E-state index contributed by atoms with van der Waals surface area (Å²) in [5, 5.41) is 4.66. The first-order valence-electron chi connectivity index (χ1n) is 6.87. The molecule has 0 saturated heterocycles. The van der Waals surface area contributed by atoms with Crippen LogP contribution in [0.25, 0.3) is 6.08 Å². The second-order valence-electron chi connectivity index (χ2n) is 4.57. The highest BCUT2D eigenvalue weighted by Crippen LogP contribution is 2.33. The lowest BCUT2D eigenvalue weighted by Gasteiger charge is -2.08. The van der Waals surface area contributed by atoms with Gasteiger partial charge in [0.05, 0.1) is 15.1 Å². The van der Waals surface area contributed by atoms with Gasteiger partial charge >= 0.3 is 0 Å². The van der Waals surface area contributed by atoms with Crippen LogP contribution in [0.5, 0.6) is 5.75 Å². The van der Waals surface area contributed by atoms with Crippen molar-refractivity contribution in [2.75, 3.05) is 6.61 Å². The Bertz CT molecular complexity index is 762. The lowest BCUT2D eigenvalue weighted by atomic mass is 10.2. The molecule has 124 valence electrons. The van der Waals surface area contributed by atoms with Gasteiger partial charge in [0.25, 0.3) is 5.91 Å². The minimum absolute atomic E-state index is 0.253. The van der Waals surface area contributed by atoms with Crippen LogP contribution in [0.3, 0.4) is 0 Å². The monoisotopic (exact) mass is 382 g/mol. The van der Waals surface area contributed by atoms with Crippen LogP contribution in [0.1, 0.15) is 5.56 Å². The summed E-state index contributed by atoms with van der Waals surface area (Å²) in [6, 6.07) is 12.6. The lowest BCUT2D eigenvalue weighted by molar-refractivity contribution is -0.123. The van der Waals surface area contributed by atoms with Gasteiger partial charge in [0, 0.05) is 12.3 Å². The molecule has 0 aliphatic carbocycles. The Balaban J connectivity index is 1.78. The van der Waals surface area contributed by atoms with Crippen molar-refractivity contribution in [1.82, 2.24) is 5.43 Å². The minimum Gasteiger partial charge on any atom is -0.482 e. The van der Waals surface area contributed by atoms with Crippen LogP contribution in [0.15, 0.2) is 53.6 Å². The van der Waals surface area contributed by atoms with E-state index in [1.807, 2.05) is 36.4 Å². The maximum absolute atomic E-state index is 11.6. The van der Waals surface area contributed by atoms with Crippen molar-refractivity contribution in [3.05, 3.63) is 69.2 Å². The first-order valence-corrected chi connectivity index (χ1v) is 8.00. The van der Waals surface area contributed by atoms with Crippen LogP contribution in [-0.2, 0) is 4.79 Å². The Hall–Kier alpha value is -2.01. The molecule has 0 radical (unpaired) electrons. The number of benzene rings is 2. The standard InChI is InChI=1S/C17H13Cl3N2O2/c18-13-9-15(20)16(10-14(13)19)24-11-17(23)22-21-8-4-7-12-5-2-1-3-6-12/h1-10H,11H2,(H,22,23)/b7-4+,21-8+. The lowest BCUT2D eigenvalue weighted by Crippen LogP contribution is -2.24. The van der Waals surface area contributed by atoms with Gasteiger partial charge < -0.3 is 4.74 Å². The maximum Gasteiger partial charge on any atom is 0.277 e. The molecule has 2 aromatic rings. The summed E-state index contributed by atoms with van der Waals surface area (Å²) in [6.07, 6.45) is 5.05. The number of carbonyl (C=O) groups is 1. The summed E-state index contributed by atoms with van der Waals surface area (Å²) in [5.41, 5.74) is 3.37. The molecule has 1 amide bonds. The van der Waals surface area contributed by atoms with E-state index in [1.165, 1.54) is 18.3 Å². The molecule has 24 heavy (non-hydrogen) atoms. The number of hydrazone groups is 1. The highest BCUT2D eigenvalue weighted by atomic mass is 35.5. The zero-order chi connectivity index (χ0) is 17.4. The van der Waals surface area contributed by atoms with Crippen molar-refractivity contribution in [2.24, 2.45) is 5.10 Å². The summed E-state index contributed by atoms with van der Waals surface area (Å²) in [6.45, 7) is -0.253. The normalized spacial score (nSPS) is 11.1. The molecule has 0 spiro atoms. The third kappa shape index (κ3) is 5.89. The summed E-state index contributed by atoms with van der Waals surface area (Å²) >= 11 is 17.6. The number of nitrogens with one attached hydrogen (secondary N) is 1. The van der Waals surface area contributed by atoms with E-state index >= 15 is 0 Å². The van der Waals surface area contributed by atoms with E-state index in [9.17, 15) is 4.79 Å². The van der Waals surface area contributed by atoms with Crippen LogP contribution < -0.4 is 10.2 Å². The highest BCUT2D eigenvalue weighted by molar-refractivity contribution is 6.43. The molecule has 0 aliphatic heterocycles. The molecule has 2 aromatic carbocycles. The molecule has 0 aliphatic rings. The topological polar surface area (TPSA) is 50.7 Å². The predicted octanol–water partition coefficient (Wildman–Crippen LogP) is 4.84. The fourth-order valence-electron chi connectivity index (χ4n) is 1.66. The molecule has 0 unspecified atom stereocenters. The number of hydrogen-bond acceptors (Lipinski definition) is 3. The quantitative estimate of drug-likeness (QED) is 0.441. The molecule has 0 heterocycles. The highest BCUT2D eigenvalue weighted by Gasteiger charge is 2.09. The zero-order valence-electron chi connectivity index (χ0n) is 12.4. The molecular weight excluding hydrogens is 371 g/mol. The molecule has 0 fully saturated rings. The van der Waals surface area contributed by atoms with Crippen molar-refractivity contribution in [2.45, 2.75) is 0 Å². The number of amides is 1. The van der Waals surface area contributed by atoms with Gasteiger partial charge in [-0.15, -0.1) is 0 Å². The predicted molar refractivity (Wildman–Crippen MR) is 99.1 cm³/mol. The number of halogens is 3. The van der Waals surface area contributed by atoms with Gasteiger partial charge in [-0.05, 0) is 17.7 Å². The van der Waals surface area contributed by atoms with Crippen molar-refractivity contribution in [3.8, 4) is 5.75 Å². The number of hydrogen-bond donors (Lipinski definition) is 1. The molecule has 0 aromatic heterocycles. The van der Waals surface area contributed by atoms with Gasteiger partial charge in [0.1, 0.15) is 5.75 Å². The second-order valence-corrected chi connectivity index (χ2v) is 5.79. The van der Waals surface area contributed by atoms with Crippen molar-refractivity contribution in [3.63, 3.8) is 0 Å². The third-order valence-corrected chi connectivity index (χ3v) is 3.79. The smallest absolute Gasteiger partial charge is 0.277 e. The number of allylic oxidation sites excluding steroid dienone is 1. The van der Waals surface area contributed by atoms with E-state index in [4.69, 9.17) is 39.5 Å². The Morgan fingerprint density at radius 2 is 1.79 bits per heavy atom. The number of ether oxygens (including phenoxy) is 1. The first kappa shape index (κ1) is 18.3. The molecule has 0 atom stereocenters. The van der Waals surface area contributed by atoms with Gasteiger partial charge in [0.2, 0.25) is 0 Å². The van der Waals surface area contributed by atoms with Crippen molar-refractivity contribution < 1.29 is 9.53 Å². The van der Waals surface area contributed by atoms with Gasteiger partial charge in [-0.25, -0.2) is 5.43 Å². The summed E-state index contributed by atoms with van der Waals surface area (Å²) < 4.78 is 5.28. The third-order valence-electron chi connectivity index (χ3n) is 2.77. The summed E-state index contributed by atoms with van der Waals surface area (Å²) in [7, 11) is 0. The molecule has 2 rings (SSSR count). The molecule has 0 saturated carbocycles. The van der Waals surface area contributed by atoms with Crippen LogP contribution in [-0.4, -0.2) is 18.7 Å². The van der Waals surface area contributed by atoms with E-state index in [1.54, 1.807) is 6.08 Å². The number of rotatable bonds is 6. The Morgan fingerprint density at radius 3 is 2.54 bits per heavy atom. The first-order chi connectivity index (χ1) is 11.6.